The van der Waals surface area contributed by atoms with Gasteiger partial charge in [-0.15, -0.1) is 22.7 Å². The van der Waals surface area contributed by atoms with Gasteiger partial charge >= 0.3 is 12.4 Å². The predicted octanol–water partition coefficient (Wildman–Crippen LogP) is 8.36. The number of thiophene rings is 2. The highest BCUT2D eigenvalue weighted by Gasteiger charge is 2.34. The molecule has 6 aromatic rings. The summed E-state index contributed by atoms with van der Waals surface area (Å²) in [5.41, 5.74) is 0.892. The third-order valence-electron chi connectivity index (χ3n) is 5.74. The number of hydrogen-bond donors (Lipinski definition) is 1. The molecule has 5 aromatic heterocycles. The third kappa shape index (κ3) is 6.95. The van der Waals surface area contributed by atoms with Crippen molar-refractivity contribution in [2.45, 2.75) is 18.9 Å². The summed E-state index contributed by atoms with van der Waals surface area (Å²) < 4.78 is 91.4. The fourth-order valence-corrected chi connectivity index (χ4v) is 5.75. The molecule has 0 aliphatic rings. The molecule has 0 spiro atoms. The van der Waals surface area contributed by atoms with Crippen molar-refractivity contribution < 1.29 is 40.3 Å². The molecule has 0 aliphatic heterocycles. The molecule has 9 nitrogen and oxygen atoms in total. The van der Waals surface area contributed by atoms with Crippen LogP contribution >= 0.6 is 34.3 Å². The minimum atomic E-state index is -4.43. The smallest absolute Gasteiger partial charge is 0.425 e. The van der Waals surface area contributed by atoms with E-state index in [9.17, 15) is 26.3 Å². The van der Waals surface area contributed by atoms with Crippen LogP contribution in [0.4, 0.5) is 32.3 Å². The average molecular weight is 675 g/mol. The number of halogens is 7. The molecule has 18 heteroatoms. The first-order valence-electron chi connectivity index (χ1n) is 12.1. The maximum Gasteiger partial charge on any atom is 0.425 e. The van der Waals surface area contributed by atoms with Crippen LogP contribution in [0.25, 0.3) is 32.0 Å². The molecule has 0 radical (unpaired) electrons. The van der Waals surface area contributed by atoms with Crippen LogP contribution in [0.5, 0.6) is 11.5 Å². The molecular formula is C26H17ClF6N6O3S2. The third-order valence-corrected chi connectivity index (χ3v) is 8.19. The lowest BCUT2D eigenvalue weighted by atomic mass is 10.2. The molecule has 0 amide bonds. The van der Waals surface area contributed by atoms with E-state index in [-0.39, 0.29) is 37.7 Å². The van der Waals surface area contributed by atoms with Gasteiger partial charge in [-0.1, -0.05) is 22.8 Å². The molecule has 1 aromatic carbocycles. The Bertz CT molecular complexity index is 1910. The number of benzene rings is 1. The number of alkyl halides is 6. The normalized spacial score (nSPS) is 11.8. The van der Waals surface area contributed by atoms with Gasteiger partial charge in [0.25, 0.3) is 0 Å². The Morgan fingerprint density at radius 2 is 1.57 bits per heavy atom. The van der Waals surface area contributed by atoms with E-state index in [0.717, 1.165) is 17.7 Å². The zero-order valence-corrected chi connectivity index (χ0v) is 24.6. The van der Waals surface area contributed by atoms with Crippen molar-refractivity contribution in [1.82, 2.24) is 25.1 Å². The fourth-order valence-electron chi connectivity index (χ4n) is 3.70. The first kappa shape index (κ1) is 31.2. The Hall–Kier alpha value is -4.22. The number of fused-ring (bicyclic) bond motifs is 2. The van der Waals surface area contributed by atoms with Gasteiger partial charge in [-0.2, -0.15) is 26.3 Å². The van der Waals surface area contributed by atoms with Crippen LogP contribution < -0.4 is 14.8 Å². The Kier molecular flexibility index (Phi) is 8.80. The number of rotatable bonds is 6. The number of ether oxygens (including phenoxy) is 2. The van der Waals surface area contributed by atoms with E-state index < -0.39 is 22.1 Å². The van der Waals surface area contributed by atoms with Crippen LogP contribution in [0.2, 0.25) is 5.15 Å². The molecule has 0 fully saturated rings. The van der Waals surface area contributed by atoms with E-state index in [1.807, 2.05) is 6.07 Å². The van der Waals surface area contributed by atoms with Crippen molar-refractivity contribution >= 4 is 60.7 Å². The second-order valence-corrected chi connectivity index (χ2v) is 11.1. The second kappa shape index (κ2) is 12.4. The van der Waals surface area contributed by atoms with Crippen molar-refractivity contribution in [2.24, 2.45) is 0 Å². The van der Waals surface area contributed by atoms with Crippen molar-refractivity contribution in [3.8, 4) is 23.1 Å². The lowest BCUT2D eigenvalue weighted by Crippen LogP contribution is -2.03. The minimum Gasteiger partial charge on any atom is -0.493 e. The van der Waals surface area contributed by atoms with Crippen LogP contribution in [0.15, 0.2) is 53.3 Å². The number of aromatic nitrogens is 5. The van der Waals surface area contributed by atoms with Crippen molar-refractivity contribution in [3.05, 3.63) is 69.3 Å². The van der Waals surface area contributed by atoms with E-state index in [0.29, 0.717) is 46.1 Å². The molecular weight excluding hydrogens is 658 g/mol. The average Bonchev–Trinajstić information content (AvgIpc) is 3.75. The SMILES string of the molecule is COc1ccc(CNc2ncc3cc(C(F)(F)F)sc3n2)cc1OC.FC(F)(F)c1cc2c(Cl)nc(-c3ccno3)nc2s1. The van der Waals surface area contributed by atoms with Gasteiger partial charge in [0.15, 0.2) is 11.5 Å². The number of nitrogens with zero attached hydrogens (tertiary/aromatic N) is 5. The summed E-state index contributed by atoms with van der Waals surface area (Å²) in [4.78, 5) is 15.1. The van der Waals surface area contributed by atoms with Crippen molar-refractivity contribution in [1.29, 1.82) is 0 Å². The van der Waals surface area contributed by atoms with Gasteiger partial charge in [-0.05, 0) is 29.8 Å². The Labute approximate surface area is 256 Å². The zero-order chi connectivity index (χ0) is 31.6. The molecule has 0 aliphatic carbocycles. The maximum absolute atomic E-state index is 12.8. The monoisotopic (exact) mass is 674 g/mol. The summed E-state index contributed by atoms with van der Waals surface area (Å²) in [6.07, 6.45) is -6.04. The summed E-state index contributed by atoms with van der Waals surface area (Å²) in [5, 5.41) is 6.96. The first-order chi connectivity index (χ1) is 20.9. The van der Waals surface area contributed by atoms with Gasteiger partial charge in [-0.3, -0.25) is 0 Å². The van der Waals surface area contributed by atoms with E-state index in [1.54, 1.807) is 26.4 Å². The summed E-state index contributed by atoms with van der Waals surface area (Å²) >= 11 is 6.97. The highest BCUT2D eigenvalue weighted by Crippen LogP contribution is 2.40. The van der Waals surface area contributed by atoms with E-state index in [1.165, 1.54) is 18.5 Å². The van der Waals surface area contributed by atoms with Crippen molar-refractivity contribution in [3.63, 3.8) is 0 Å². The van der Waals surface area contributed by atoms with Gasteiger partial charge in [0, 0.05) is 29.6 Å². The molecule has 0 atom stereocenters. The molecule has 1 N–H and O–H groups in total. The van der Waals surface area contributed by atoms with Gasteiger partial charge in [0.1, 0.15) is 24.6 Å². The number of anilines is 1. The van der Waals surface area contributed by atoms with Crippen LogP contribution in [0, 0.1) is 0 Å². The van der Waals surface area contributed by atoms with Crippen LogP contribution in [0.1, 0.15) is 15.3 Å². The summed E-state index contributed by atoms with van der Waals surface area (Å²) in [7, 11) is 3.09. The maximum atomic E-state index is 12.8. The van der Waals surface area contributed by atoms with E-state index >= 15 is 0 Å². The Morgan fingerprint density at radius 3 is 2.23 bits per heavy atom. The topological polar surface area (TPSA) is 108 Å². The number of methoxy groups -OCH3 is 2. The number of hydrogen-bond acceptors (Lipinski definition) is 11. The molecule has 0 bridgehead atoms. The quantitative estimate of drug-likeness (QED) is 0.138. The molecule has 230 valence electrons. The molecule has 0 unspecified atom stereocenters. The first-order valence-corrected chi connectivity index (χ1v) is 14.1. The predicted molar refractivity (Wildman–Crippen MR) is 152 cm³/mol. The molecule has 6 rings (SSSR count). The molecule has 0 saturated heterocycles. The Balaban J connectivity index is 0.000000181. The van der Waals surface area contributed by atoms with Crippen LogP contribution in [-0.4, -0.2) is 39.3 Å². The highest BCUT2D eigenvalue weighted by atomic mass is 35.5. The van der Waals surface area contributed by atoms with E-state index in [2.05, 4.69) is 30.4 Å². The van der Waals surface area contributed by atoms with Gasteiger partial charge in [-0.25, -0.2) is 19.9 Å². The highest BCUT2D eigenvalue weighted by molar-refractivity contribution is 7.19. The molecule has 5 heterocycles. The summed E-state index contributed by atoms with van der Waals surface area (Å²) in [6.45, 7) is 0.392. The van der Waals surface area contributed by atoms with E-state index in [4.69, 9.17) is 25.6 Å². The van der Waals surface area contributed by atoms with Crippen LogP contribution in [0.3, 0.4) is 0 Å². The summed E-state index contributed by atoms with van der Waals surface area (Å²) in [5.74, 6) is 1.81. The van der Waals surface area contributed by atoms with Gasteiger partial charge < -0.3 is 19.3 Å². The Morgan fingerprint density at radius 1 is 0.864 bits per heavy atom. The molecule has 0 saturated carbocycles. The van der Waals surface area contributed by atoms with Crippen molar-refractivity contribution in [2.75, 3.05) is 19.5 Å². The largest absolute Gasteiger partial charge is 0.493 e. The van der Waals surface area contributed by atoms with Crippen LogP contribution in [-0.2, 0) is 18.9 Å². The molecule has 44 heavy (non-hydrogen) atoms. The summed E-state index contributed by atoms with van der Waals surface area (Å²) in [6, 6.07) is 8.91. The van der Waals surface area contributed by atoms with Gasteiger partial charge in [0.2, 0.25) is 17.5 Å². The van der Waals surface area contributed by atoms with Gasteiger partial charge in [0.05, 0.1) is 20.4 Å². The zero-order valence-electron chi connectivity index (χ0n) is 22.2. The number of nitrogens with one attached hydrogen (secondary N) is 1. The lowest BCUT2D eigenvalue weighted by molar-refractivity contribution is -0.135. The minimum absolute atomic E-state index is 0.0526. The lowest BCUT2D eigenvalue weighted by Gasteiger charge is -2.10. The standard InChI is InChI=1S/C16H14F3N3O2S.C10H3ClF3N3OS/c1-23-11-4-3-9(5-12(11)24-2)7-20-15-21-8-10-6-13(16(17,18)19)25-14(10)22-15;11-7-4-3-6(10(12,13)14)19-9(4)17-8(16-7)5-1-2-15-18-5/h3-6,8H,7H2,1-2H3,(H,20,21,22);1-3H. The fraction of sp³-hybridized carbons (Fsp3) is 0.192. The second-order valence-electron chi connectivity index (χ2n) is 8.65.